The van der Waals surface area contributed by atoms with Crippen LogP contribution in [0.5, 0.6) is 5.75 Å². The summed E-state index contributed by atoms with van der Waals surface area (Å²) in [4.78, 5) is 56.4. The molecule has 1 fully saturated rings. The van der Waals surface area contributed by atoms with Crippen LogP contribution >= 0.6 is 11.3 Å². The first-order chi connectivity index (χ1) is 16.8. The van der Waals surface area contributed by atoms with Crippen LogP contribution in [-0.2, 0) is 36.1 Å². The molecule has 18 nitrogen and oxygen atoms in total. The predicted molar refractivity (Wildman–Crippen MR) is 115 cm³/mol. The molecule has 194 valence electrons. The van der Waals surface area contributed by atoms with E-state index < -0.39 is 70.4 Å². The Balaban J connectivity index is 0.00000481. The van der Waals surface area contributed by atoms with E-state index in [9.17, 15) is 42.5 Å². The average molecular weight is 569 g/mol. The fourth-order valence-corrected chi connectivity index (χ4v) is 4.31. The van der Waals surface area contributed by atoms with E-state index in [4.69, 9.17) is 16.3 Å². The largest absolute Gasteiger partial charge is 1.00 e. The number of primary amides is 1. The number of carbonyl (C=O) groups is 3. The third-order valence-corrected chi connectivity index (χ3v) is 6.14. The van der Waals surface area contributed by atoms with Crippen LogP contribution in [0.3, 0.4) is 0 Å². The predicted octanol–water partition coefficient (Wildman–Crippen LogP) is -5.99. The Kier molecular flexibility index (Phi) is 9.46. The first-order valence-electron chi connectivity index (χ1n) is 9.37. The van der Waals surface area contributed by atoms with Crippen LogP contribution in [0.25, 0.3) is 0 Å². The summed E-state index contributed by atoms with van der Waals surface area (Å²) in [7, 11) is -5.31. The number of amides is 3. The zero-order chi connectivity index (χ0) is 26.8. The number of oxime groups is 1. The van der Waals surface area contributed by atoms with Gasteiger partial charge in [0.15, 0.2) is 33.5 Å². The minimum atomic E-state index is -5.31. The van der Waals surface area contributed by atoms with Crippen molar-refractivity contribution in [3.63, 3.8) is 0 Å². The normalized spacial score (nSPS) is 17.4. The number of carbonyl (C=O) groups excluding carboxylic acids is 3. The second-order valence-electron chi connectivity index (χ2n) is 6.88. The Bertz CT molecular complexity index is 1410. The van der Waals surface area contributed by atoms with Gasteiger partial charge in [-0.15, -0.1) is 11.3 Å². The SMILES string of the molecule is NC(=O)OCC1C(NC(=O)/C(=N/OCc2cc(=O)c(O)cn2O)c2csc(N)n2)C(=O)N1S(=O)(=O)[O-].[Na+]. The zero-order valence-corrected chi connectivity index (χ0v) is 22.3. The molecule has 2 unspecified atom stereocenters. The van der Waals surface area contributed by atoms with Crippen LogP contribution in [0.1, 0.15) is 11.4 Å². The molecule has 37 heavy (non-hydrogen) atoms. The van der Waals surface area contributed by atoms with Gasteiger partial charge in [0, 0.05) is 11.4 Å². The summed E-state index contributed by atoms with van der Waals surface area (Å²) in [6.45, 7) is -1.41. The van der Waals surface area contributed by atoms with Crippen molar-refractivity contribution in [2.75, 3.05) is 12.3 Å². The van der Waals surface area contributed by atoms with Gasteiger partial charge in [-0.2, -0.15) is 4.73 Å². The Morgan fingerprint density at radius 2 is 2.03 bits per heavy atom. The molecule has 2 aromatic heterocycles. The van der Waals surface area contributed by atoms with Crippen LogP contribution in [-0.4, -0.2) is 79.6 Å². The summed E-state index contributed by atoms with van der Waals surface area (Å²) >= 11 is 0.911. The number of nitrogen functional groups attached to an aromatic ring is 1. The number of nitrogens with two attached hydrogens (primary N) is 2. The van der Waals surface area contributed by atoms with E-state index in [1.165, 1.54) is 5.38 Å². The molecule has 0 bridgehead atoms. The number of anilines is 1. The molecule has 0 saturated carbocycles. The molecule has 21 heteroatoms. The van der Waals surface area contributed by atoms with E-state index in [1.807, 2.05) is 0 Å². The van der Waals surface area contributed by atoms with Crippen LogP contribution < -0.4 is 51.8 Å². The number of ether oxygens (including phenoxy) is 1. The number of β-lactam (4-membered cyclic amide) rings is 1. The fraction of sp³-hybridized carbons (Fsp3) is 0.250. The quantitative estimate of drug-likeness (QED) is 0.0470. The number of aromatic hydroxyl groups is 1. The number of hydrogen-bond donors (Lipinski definition) is 5. The van der Waals surface area contributed by atoms with Crippen molar-refractivity contribution < 1.29 is 76.8 Å². The summed E-state index contributed by atoms with van der Waals surface area (Å²) in [5, 5.41) is 26.1. The van der Waals surface area contributed by atoms with E-state index in [0.717, 1.165) is 17.4 Å². The van der Waals surface area contributed by atoms with Gasteiger partial charge in [-0.1, -0.05) is 5.16 Å². The minimum Gasteiger partial charge on any atom is -0.731 e. The smallest absolute Gasteiger partial charge is 0.731 e. The number of nitrogens with zero attached hydrogens (tertiary/aromatic N) is 4. The topological polar surface area (TPSA) is 282 Å². The van der Waals surface area contributed by atoms with Crippen LogP contribution in [0.15, 0.2) is 27.6 Å². The Morgan fingerprint density at radius 1 is 1.35 bits per heavy atom. The molecule has 0 spiro atoms. The third-order valence-electron chi connectivity index (χ3n) is 4.53. The van der Waals surface area contributed by atoms with Crippen LogP contribution in [0, 0.1) is 0 Å². The maximum Gasteiger partial charge on any atom is 1.00 e. The molecule has 3 amide bonds. The van der Waals surface area contributed by atoms with Gasteiger partial charge >= 0.3 is 35.7 Å². The number of pyridine rings is 1. The van der Waals surface area contributed by atoms with Crippen molar-refractivity contribution >= 4 is 50.4 Å². The standard InChI is InChI=1S/C16H17N7O11S2.Na/c17-15-19-7(5-35-15)11(21-34-3-6-1-9(24)10(25)2-22(6)29)13(26)20-12-8(4-33-16(18)28)23(14(12)27)36(30,31)32;/h1-2,5,8,12,25,29H,3-4H2,(H2,17,19)(H2,18,28)(H,20,26)(H,30,31,32);/q;+1/p-1/b21-11+;. The number of hydrogen-bond acceptors (Lipinski definition) is 15. The van der Waals surface area contributed by atoms with Gasteiger partial charge in [0.2, 0.25) is 5.43 Å². The summed E-state index contributed by atoms with van der Waals surface area (Å²) in [6, 6.07) is -2.40. The molecular formula is C16H16N7NaO11S2. The molecular weight excluding hydrogens is 553 g/mol. The summed E-state index contributed by atoms with van der Waals surface area (Å²) in [6.07, 6.45) is -0.626. The van der Waals surface area contributed by atoms with Gasteiger partial charge in [0.25, 0.3) is 11.8 Å². The number of thiazole rings is 1. The minimum absolute atomic E-state index is 0. The van der Waals surface area contributed by atoms with Crippen molar-refractivity contribution in [3.05, 3.63) is 39.3 Å². The van der Waals surface area contributed by atoms with E-state index in [1.54, 1.807) is 0 Å². The number of rotatable bonds is 9. The molecule has 3 heterocycles. The molecule has 3 rings (SSSR count). The maximum absolute atomic E-state index is 12.9. The van der Waals surface area contributed by atoms with Gasteiger partial charge < -0.3 is 41.2 Å². The van der Waals surface area contributed by atoms with E-state index in [-0.39, 0.29) is 50.4 Å². The maximum atomic E-state index is 12.9. The van der Waals surface area contributed by atoms with Gasteiger partial charge in [0.1, 0.15) is 30.1 Å². The molecule has 1 aliphatic rings. The van der Waals surface area contributed by atoms with Gasteiger partial charge in [-0.3, -0.25) is 14.4 Å². The van der Waals surface area contributed by atoms with E-state index in [0.29, 0.717) is 10.9 Å². The molecule has 2 atom stereocenters. The second-order valence-corrected chi connectivity index (χ2v) is 9.02. The molecule has 0 aromatic carbocycles. The average Bonchev–Trinajstić information content (AvgIpc) is 3.20. The Labute approximate surface area is 232 Å². The van der Waals surface area contributed by atoms with Crippen molar-refractivity contribution in [2.45, 2.75) is 18.7 Å². The van der Waals surface area contributed by atoms with Crippen LogP contribution in [0.2, 0.25) is 0 Å². The van der Waals surface area contributed by atoms with Crippen molar-refractivity contribution in [1.29, 1.82) is 0 Å². The van der Waals surface area contributed by atoms with Gasteiger partial charge in [-0.05, 0) is 0 Å². The first-order valence-corrected chi connectivity index (χ1v) is 11.6. The first kappa shape index (κ1) is 29.8. The van der Waals surface area contributed by atoms with Crippen LogP contribution in [0.4, 0.5) is 9.93 Å². The van der Waals surface area contributed by atoms with Gasteiger partial charge in [-0.25, -0.2) is 22.5 Å². The second kappa shape index (κ2) is 11.7. The Hall–Kier alpha value is -3.43. The van der Waals surface area contributed by atoms with Crippen molar-refractivity contribution in [2.24, 2.45) is 10.9 Å². The van der Waals surface area contributed by atoms with E-state index >= 15 is 0 Å². The molecule has 1 saturated heterocycles. The summed E-state index contributed by atoms with van der Waals surface area (Å²) < 4.78 is 38.8. The number of nitrogens with one attached hydrogen (secondary N) is 1. The number of aromatic nitrogens is 2. The summed E-state index contributed by atoms with van der Waals surface area (Å²) in [5.74, 6) is -3.20. The Morgan fingerprint density at radius 3 is 2.59 bits per heavy atom. The molecule has 7 N–H and O–H groups in total. The van der Waals surface area contributed by atoms with E-state index in [2.05, 4.69) is 20.2 Å². The fourth-order valence-electron chi connectivity index (χ4n) is 2.92. The van der Waals surface area contributed by atoms with Gasteiger partial charge in [0.05, 0.1) is 6.20 Å². The molecule has 0 aliphatic carbocycles. The zero-order valence-electron chi connectivity index (χ0n) is 18.6. The monoisotopic (exact) mass is 569 g/mol. The molecule has 0 radical (unpaired) electrons. The molecule has 2 aromatic rings. The molecule has 1 aliphatic heterocycles. The van der Waals surface area contributed by atoms with Crippen molar-refractivity contribution in [1.82, 2.24) is 19.3 Å². The third kappa shape index (κ3) is 6.87. The van der Waals surface area contributed by atoms with Crippen molar-refractivity contribution in [3.8, 4) is 5.75 Å². The summed E-state index contributed by atoms with van der Waals surface area (Å²) in [5.41, 5.74) is 8.68.